The molecule has 0 aliphatic carbocycles. The molecule has 58 valence electrons. The molecule has 2 N–H and O–H groups in total. The van der Waals surface area contributed by atoms with E-state index in [1.807, 2.05) is 13.0 Å². The van der Waals surface area contributed by atoms with Crippen LogP contribution in [0.1, 0.15) is 12.7 Å². The van der Waals surface area contributed by atoms with E-state index in [2.05, 4.69) is 10.3 Å². The molecular weight excluding hydrogens is 144 g/mol. The minimum atomic E-state index is -0.416. The lowest BCUT2D eigenvalue weighted by atomic mass is 10.2. The lowest BCUT2D eigenvalue weighted by Gasteiger charge is -2.12. The Morgan fingerprint density at radius 1 is 1.64 bits per heavy atom. The molecule has 2 rings (SSSR count). The average molecular weight is 152 g/mol. The molecule has 0 bridgehead atoms. The van der Waals surface area contributed by atoms with E-state index in [4.69, 9.17) is 4.42 Å². The van der Waals surface area contributed by atoms with E-state index in [1.165, 1.54) is 0 Å². The van der Waals surface area contributed by atoms with Crippen LogP contribution >= 0.6 is 0 Å². The Balaban J connectivity index is 2.52. The molecule has 0 spiro atoms. The van der Waals surface area contributed by atoms with Crippen LogP contribution in [0, 0.1) is 0 Å². The molecule has 1 aromatic heterocycles. The number of fused-ring (bicyclic) bond motifs is 1. The van der Waals surface area contributed by atoms with Gasteiger partial charge in [-0.15, -0.1) is 0 Å². The third kappa shape index (κ3) is 0.960. The molecule has 1 aliphatic heterocycles. The van der Waals surface area contributed by atoms with Crippen molar-refractivity contribution in [3.05, 3.63) is 22.4 Å². The summed E-state index contributed by atoms with van der Waals surface area (Å²) < 4.78 is 4.79. The number of oxazole rings is 1. The van der Waals surface area contributed by atoms with Crippen LogP contribution in [0.15, 0.2) is 15.3 Å². The van der Waals surface area contributed by atoms with Crippen LogP contribution in [0.5, 0.6) is 0 Å². The molecule has 0 aromatic carbocycles. The minimum absolute atomic E-state index is 0.246. The quantitative estimate of drug-likeness (QED) is 0.578. The fourth-order valence-corrected chi connectivity index (χ4v) is 1.07. The van der Waals surface area contributed by atoms with E-state index in [-0.39, 0.29) is 6.04 Å². The predicted octanol–water partition coefficient (Wildman–Crippen LogP) is 0.795. The van der Waals surface area contributed by atoms with Crippen molar-refractivity contribution in [2.45, 2.75) is 13.0 Å². The maximum atomic E-state index is 10.7. The van der Waals surface area contributed by atoms with Crippen LogP contribution in [0.25, 0.3) is 6.08 Å². The molecule has 0 fully saturated rings. The third-order valence-electron chi connectivity index (χ3n) is 1.58. The van der Waals surface area contributed by atoms with E-state index in [9.17, 15) is 4.79 Å². The number of aromatic amines is 1. The number of anilines is 1. The highest BCUT2D eigenvalue weighted by molar-refractivity contribution is 5.62. The molecule has 2 heterocycles. The summed E-state index contributed by atoms with van der Waals surface area (Å²) in [7, 11) is 0. The van der Waals surface area contributed by atoms with Crippen molar-refractivity contribution in [3.8, 4) is 0 Å². The lowest BCUT2D eigenvalue weighted by Crippen LogP contribution is -2.15. The number of aromatic nitrogens is 1. The van der Waals surface area contributed by atoms with E-state index in [0.29, 0.717) is 11.6 Å². The van der Waals surface area contributed by atoms with Crippen LogP contribution in [0.3, 0.4) is 0 Å². The maximum Gasteiger partial charge on any atom is 0.418 e. The highest BCUT2D eigenvalue weighted by Crippen LogP contribution is 2.18. The van der Waals surface area contributed by atoms with E-state index >= 15 is 0 Å². The highest BCUT2D eigenvalue weighted by atomic mass is 16.4. The van der Waals surface area contributed by atoms with Crippen molar-refractivity contribution in [2.75, 3.05) is 5.32 Å². The molecule has 0 radical (unpaired) electrons. The van der Waals surface area contributed by atoms with Gasteiger partial charge < -0.3 is 9.73 Å². The van der Waals surface area contributed by atoms with Crippen molar-refractivity contribution >= 4 is 11.9 Å². The van der Waals surface area contributed by atoms with Crippen LogP contribution in [0.2, 0.25) is 0 Å². The zero-order valence-electron chi connectivity index (χ0n) is 6.05. The van der Waals surface area contributed by atoms with Gasteiger partial charge in [-0.1, -0.05) is 6.08 Å². The van der Waals surface area contributed by atoms with Gasteiger partial charge in [-0.3, -0.25) is 4.98 Å². The van der Waals surface area contributed by atoms with Crippen molar-refractivity contribution in [1.29, 1.82) is 0 Å². The molecule has 4 heteroatoms. The Hall–Kier alpha value is -1.45. The van der Waals surface area contributed by atoms with E-state index < -0.39 is 5.76 Å². The summed E-state index contributed by atoms with van der Waals surface area (Å²) in [5.41, 5.74) is 0. The fraction of sp³-hybridized carbons (Fsp3) is 0.286. The lowest BCUT2D eigenvalue weighted by molar-refractivity contribution is 0.506. The molecule has 1 aromatic rings. The van der Waals surface area contributed by atoms with Gasteiger partial charge in [-0.2, -0.15) is 0 Å². The number of H-pyrrole nitrogens is 1. The second-order valence-corrected chi connectivity index (χ2v) is 2.55. The van der Waals surface area contributed by atoms with Gasteiger partial charge >= 0.3 is 5.76 Å². The van der Waals surface area contributed by atoms with Crippen LogP contribution in [0.4, 0.5) is 5.82 Å². The van der Waals surface area contributed by atoms with Crippen molar-refractivity contribution in [1.82, 2.24) is 4.98 Å². The summed E-state index contributed by atoms with van der Waals surface area (Å²) in [5.74, 6) is 0.833. The van der Waals surface area contributed by atoms with Gasteiger partial charge in [-0.25, -0.2) is 4.79 Å². The van der Waals surface area contributed by atoms with Crippen LogP contribution in [-0.2, 0) is 0 Å². The number of hydrogen-bond acceptors (Lipinski definition) is 3. The SMILES string of the molecule is CC1C=Cc2oc(=O)[nH]c2N1. The largest absolute Gasteiger partial charge is 0.418 e. The first-order valence-corrected chi connectivity index (χ1v) is 3.43. The summed E-state index contributed by atoms with van der Waals surface area (Å²) >= 11 is 0. The molecule has 0 saturated heterocycles. The summed E-state index contributed by atoms with van der Waals surface area (Å²) in [4.78, 5) is 13.2. The summed E-state index contributed by atoms with van der Waals surface area (Å²) in [5, 5.41) is 3.04. The molecule has 0 saturated carbocycles. The second kappa shape index (κ2) is 2.02. The Kier molecular flexibility index (Phi) is 1.15. The first-order valence-electron chi connectivity index (χ1n) is 3.43. The van der Waals surface area contributed by atoms with Gasteiger partial charge in [0.15, 0.2) is 11.6 Å². The fourth-order valence-electron chi connectivity index (χ4n) is 1.07. The smallest absolute Gasteiger partial charge is 0.406 e. The normalized spacial score (nSPS) is 21.0. The Morgan fingerprint density at radius 3 is 3.27 bits per heavy atom. The topological polar surface area (TPSA) is 58.0 Å². The predicted molar refractivity (Wildman–Crippen MR) is 41.4 cm³/mol. The molecule has 1 unspecified atom stereocenters. The zero-order chi connectivity index (χ0) is 7.84. The molecule has 0 amide bonds. The van der Waals surface area contributed by atoms with Crippen LogP contribution in [-0.4, -0.2) is 11.0 Å². The highest BCUT2D eigenvalue weighted by Gasteiger charge is 2.12. The summed E-state index contributed by atoms with van der Waals surface area (Å²) in [6.07, 6.45) is 3.72. The summed E-state index contributed by atoms with van der Waals surface area (Å²) in [6.45, 7) is 1.99. The minimum Gasteiger partial charge on any atom is -0.406 e. The Morgan fingerprint density at radius 2 is 2.45 bits per heavy atom. The van der Waals surface area contributed by atoms with Gasteiger partial charge in [0.1, 0.15) is 0 Å². The first kappa shape index (κ1) is 6.27. The van der Waals surface area contributed by atoms with Crippen LogP contribution < -0.4 is 11.1 Å². The van der Waals surface area contributed by atoms with Gasteiger partial charge in [0.25, 0.3) is 0 Å². The molecule has 1 aliphatic rings. The second-order valence-electron chi connectivity index (χ2n) is 2.55. The summed E-state index contributed by atoms with van der Waals surface area (Å²) in [6, 6.07) is 0.246. The van der Waals surface area contributed by atoms with E-state index in [0.717, 1.165) is 0 Å². The molecule has 11 heavy (non-hydrogen) atoms. The monoisotopic (exact) mass is 152 g/mol. The van der Waals surface area contributed by atoms with Gasteiger partial charge in [0.05, 0.1) is 0 Å². The maximum absolute atomic E-state index is 10.7. The standard InChI is InChI=1S/C7H8N2O2/c1-4-2-3-5-6(8-4)9-7(10)11-5/h2-4,8H,1H3,(H,9,10). The average Bonchev–Trinajstić information content (AvgIpc) is 2.27. The van der Waals surface area contributed by atoms with Gasteiger partial charge in [0.2, 0.25) is 0 Å². The Bertz CT molecular complexity index is 348. The zero-order valence-corrected chi connectivity index (χ0v) is 6.05. The third-order valence-corrected chi connectivity index (χ3v) is 1.58. The van der Waals surface area contributed by atoms with Crippen molar-refractivity contribution in [3.63, 3.8) is 0 Å². The number of rotatable bonds is 0. The number of hydrogen-bond donors (Lipinski definition) is 2. The molecular formula is C7H8N2O2. The van der Waals surface area contributed by atoms with E-state index in [1.54, 1.807) is 6.08 Å². The Labute approximate surface area is 62.9 Å². The molecule has 4 nitrogen and oxygen atoms in total. The van der Waals surface area contributed by atoms with Crippen molar-refractivity contribution in [2.24, 2.45) is 0 Å². The number of nitrogens with one attached hydrogen (secondary N) is 2. The van der Waals surface area contributed by atoms with Gasteiger partial charge in [0, 0.05) is 6.04 Å². The molecule has 1 atom stereocenters. The van der Waals surface area contributed by atoms with Gasteiger partial charge in [-0.05, 0) is 13.0 Å². The van der Waals surface area contributed by atoms with Crippen molar-refractivity contribution < 1.29 is 4.42 Å². The first-order chi connectivity index (χ1) is 5.25.